The molecule has 2 aromatic rings. The zero-order valence-corrected chi connectivity index (χ0v) is 9.33. The molecule has 3 rings (SSSR count). The highest BCUT2D eigenvalue weighted by Crippen LogP contribution is 2.38. The normalized spacial score (nSPS) is 16.1. The molecule has 0 spiro atoms. The van der Waals surface area contributed by atoms with Gasteiger partial charge in [-0.15, -0.1) is 5.10 Å². The number of hydrogen-bond donors (Lipinski definition) is 0. The van der Waals surface area contributed by atoms with Crippen LogP contribution in [0, 0.1) is 0 Å². The summed E-state index contributed by atoms with van der Waals surface area (Å²) in [6.07, 6.45) is 3.41. The Morgan fingerprint density at radius 2 is 2.27 bits per heavy atom. The molecule has 2 heterocycles. The van der Waals surface area contributed by atoms with Crippen LogP contribution in [-0.2, 0) is 6.42 Å². The summed E-state index contributed by atoms with van der Waals surface area (Å²) in [6.45, 7) is 2.11. The highest BCUT2D eigenvalue weighted by atomic mass is 35.5. The largest absolute Gasteiger partial charge is 0.212 e. The van der Waals surface area contributed by atoms with Crippen molar-refractivity contribution in [1.29, 1.82) is 0 Å². The summed E-state index contributed by atoms with van der Waals surface area (Å²) < 4.78 is 1.73. The molecule has 0 unspecified atom stereocenters. The lowest BCUT2D eigenvalue weighted by Crippen LogP contribution is -1.92. The van der Waals surface area contributed by atoms with E-state index in [1.54, 1.807) is 4.52 Å². The fourth-order valence-corrected chi connectivity index (χ4v) is 2.00. The van der Waals surface area contributed by atoms with E-state index in [0.29, 0.717) is 11.1 Å². The first-order valence-electron chi connectivity index (χ1n) is 5.33. The molecule has 0 aromatic carbocycles. The van der Waals surface area contributed by atoms with Gasteiger partial charge in [0, 0.05) is 5.92 Å². The lowest BCUT2D eigenvalue weighted by molar-refractivity contribution is 0.876. The Morgan fingerprint density at radius 1 is 1.47 bits per heavy atom. The smallest absolute Gasteiger partial charge is 0.157 e. The van der Waals surface area contributed by atoms with Gasteiger partial charge in [0.25, 0.3) is 0 Å². The molecule has 0 bridgehead atoms. The maximum atomic E-state index is 6.14. The summed E-state index contributed by atoms with van der Waals surface area (Å²) in [5, 5.41) is 5.08. The Balaban J connectivity index is 2.19. The third-order valence-corrected chi connectivity index (χ3v) is 3.09. The molecule has 2 aromatic heterocycles. The topological polar surface area (TPSA) is 30.2 Å². The molecule has 1 fully saturated rings. The van der Waals surface area contributed by atoms with Crippen LogP contribution in [0.5, 0.6) is 0 Å². The number of halogens is 1. The minimum atomic E-state index is 0.575. The van der Waals surface area contributed by atoms with Crippen molar-refractivity contribution >= 4 is 17.2 Å². The lowest BCUT2D eigenvalue weighted by Gasteiger charge is -1.99. The van der Waals surface area contributed by atoms with Crippen LogP contribution in [0.25, 0.3) is 5.65 Å². The summed E-state index contributed by atoms with van der Waals surface area (Å²) in [5.41, 5.74) is 2.09. The van der Waals surface area contributed by atoms with Gasteiger partial charge in [0.2, 0.25) is 0 Å². The average Bonchev–Trinajstić information content (AvgIpc) is 2.98. The fraction of sp³-hybridized carbons (Fsp3) is 0.455. The van der Waals surface area contributed by atoms with Crippen LogP contribution in [0.2, 0.25) is 5.15 Å². The molecule has 0 N–H and O–H groups in total. The first kappa shape index (κ1) is 9.16. The van der Waals surface area contributed by atoms with Crippen molar-refractivity contribution in [3.8, 4) is 0 Å². The van der Waals surface area contributed by atoms with Crippen molar-refractivity contribution in [2.45, 2.75) is 32.1 Å². The van der Waals surface area contributed by atoms with E-state index in [9.17, 15) is 0 Å². The first-order valence-corrected chi connectivity index (χ1v) is 5.71. The molecule has 1 aliphatic carbocycles. The number of aromatic nitrogens is 3. The number of pyridine rings is 1. The number of hydrogen-bond acceptors (Lipinski definition) is 2. The van der Waals surface area contributed by atoms with Gasteiger partial charge >= 0.3 is 0 Å². The predicted octanol–water partition coefficient (Wildman–Crippen LogP) is 2.82. The number of rotatable bonds is 2. The highest BCUT2D eigenvalue weighted by Gasteiger charge is 2.28. The van der Waals surface area contributed by atoms with E-state index in [0.717, 1.165) is 17.9 Å². The molecule has 0 atom stereocenters. The van der Waals surface area contributed by atoms with Gasteiger partial charge < -0.3 is 0 Å². The van der Waals surface area contributed by atoms with Crippen molar-refractivity contribution in [3.05, 3.63) is 28.7 Å². The Hall–Kier alpha value is -1.09. The third kappa shape index (κ3) is 1.51. The molecule has 3 nitrogen and oxygen atoms in total. The summed E-state index contributed by atoms with van der Waals surface area (Å²) in [7, 11) is 0. The van der Waals surface area contributed by atoms with Crippen LogP contribution in [0.3, 0.4) is 0 Å². The molecule has 0 aliphatic heterocycles. The van der Waals surface area contributed by atoms with Gasteiger partial charge in [0.05, 0.1) is 0 Å². The molecule has 1 saturated carbocycles. The molecular weight excluding hydrogens is 210 g/mol. The second-order valence-corrected chi connectivity index (χ2v) is 4.44. The van der Waals surface area contributed by atoms with Gasteiger partial charge in [0.1, 0.15) is 5.15 Å². The highest BCUT2D eigenvalue weighted by molar-refractivity contribution is 6.29. The summed E-state index contributed by atoms with van der Waals surface area (Å²) in [4.78, 5) is 4.51. The number of aryl methyl sites for hydroxylation is 1. The molecule has 4 heteroatoms. The molecule has 0 radical (unpaired) electrons. The second kappa shape index (κ2) is 3.20. The average molecular weight is 222 g/mol. The van der Waals surface area contributed by atoms with Gasteiger partial charge in [0.15, 0.2) is 11.5 Å². The Kier molecular flexibility index (Phi) is 1.96. The van der Waals surface area contributed by atoms with Crippen molar-refractivity contribution in [2.24, 2.45) is 0 Å². The zero-order valence-electron chi connectivity index (χ0n) is 8.57. The maximum Gasteiger partial charge on any atom is 0.157 e. The van der Waals surface area contributed by atoms with E-state index in [-0.39, 0.29) is 0 Å². The molecule has 0 amide bonds. The van der Waals surface area contributed by atoms with Crippen LogP contribution < -0.4 is 0 Å². The molecule has 15 heavy (non-hydrogen) atoms. The SMILES string of the molecule is CCc1cc(Cl)n2nc(C3CC3)nc2c1. The van der Waals surface area contributed by atoms with Crippen LogP contribution in [0.1, 0.15) is 37.1 Å². The van der Waals surface area contributed by atoms with Crippen LogP contribution in [-0.4, -0.2) is 14.6 Å². The van der Waals surface area contributed by atoms with Gasteiger partial charge in [-0.25, -0.2) is 9.50 Å². The van der Waals surface area contributed by atoms with Gasteiger partial charge in [-0.3, -0.25) is 0 Å². The van der Waals surface area contributed by atoms with Gasteiger partial charge in [-0.05, 0) is 37.0 Å². The predicted molar refractivity (Wildman–Crippen MR) is 59.4 cm³/mol. The van der Waals surface area contributed by atoms with Crippen LogP contribution in [0.4, 0.5) is 0 Å². The molecular formula is C11H12ClN3. The van der Waals surface area contributed by atoms with Gasteiger partial charge in [-0.2, -0.15) is 0 Å². The minimum Gasteiger partial charge on any atom is -0.212 e. The summed E-state index contributed by atoms with van der Waals surface area (Å²) in [5.74, 6) is 1.52. The molecule has 78 valence electrons. The van der Waals surface area contributed by atoms with Crippen LogP contribution >= 0.6 is 11.6 Å². The second-order valence-electron chi connectivity index (χ2n) is 4.05. The van der Waals surface area contributed by atoms with Crippen molar-refractivity contribution < 1.29 is 0 Å². The molecule has 1 aliphatic rings. The van der Waals surface area contributed by atoms with E-state index in [1.807, 2.05) is 6.07 Å². The van der Waals surface area contributed by atoms with Crippen LogP contribution in [0.15, 0.2) is 12.1 Å². The van der Waals surface area contributed by atoms with Crippen molar-refractivity contribution in [2.75, 3.05) is 0 Å². The fourth-order valence-electron chi connectivity index (χ4n) is 1.73. The minimum absolute atomic E-state index is 0.575. The van der Waals surface area contributed by atoms with E-state index < -0.39 is 0 Å². The summed E-state index contributed by atoms with van der Waals surface area (Å²) >= 11 is 6.14. The van der Waals surface area contributed by atoms with E-state index >= 15 is 0 Å². The Bertz CT molecular complexity index is 514. The van der Waals surface area contributed by atoms with E-state index in [2.05, 4.69) is 23.1 Å². The number of fused-ring (bicyclic) bond motifs is 1. The quantitative estimate of drug-likeness (QED) is 0.730. The number of nitrogens with zero attached hydrogens (tertiary/aromatic N) is 3. The maximum absolute atomic E-state index is 6.14. The van der Waals surface area contributed by atoms with E-state index in [1.165, 1.54) is 18.4 Å². The van der Waals surface area contributed by atoms with Crippen molar-refractivity contribution in [3.63, 3.8) is 0 Å². The lowest BCUT2D eigenvalue weighted by atomic mass is 10.2. The third-order valence-electron chi connectivity index (χ3n) is 2.82. The Morgan fingerprint density at radius 3 is 2.93 bits per heavy atom. The zero-order chi connectivity index (χ0) is 10.4. The summed E-state index contributed by atoms with van der Waals surface area (Å²) in [6, 6.07) is 4.02. The standard InChI is InChI=1S/C11H12ClN3/c1-2-7-5-9(12)15-10(6-7)13-11(14-15)8-3-4-8/h5-6,8H,2-4H2,1H3. The first-order chi connectivity index (χ1) is 7.28. The molecule has 0 saturated heterocycles. The Labute approximate surface area is 93.1 Å². The monoisotopic (exact) mass is 221 g/mol. The van der Waals surface area contributed by atoms with E-state index in [4.69, 9.17) is 11.6 Å². The van der Waals surface area contributed by atoms with Gasteiger partial charge in [-0.1, -0.05) is 18.5 Å². The van der Waals surface area contributed by atoms with Crippen molar-refractivity contribution in [1.82, 2.24) is 14.6 Å².